The first-order valence-electron chi connectivity index (χ1n) is 9.24. The minimum Gasteiger partial charge on any atom is -0.342 e. The van der Waals surface area contributed by atoms with Gasteiger partial charge in [0.15, 0.2) is 0 Å². The zero-order valence-electron chi connectivity index (χ0n) is 15.3. The molecule has 1 saturated heterocycles. The van der Waals surface area contributed by atoms with Crippen LogP contribution in [0.25, 0.3) is 5.69 Å². The molecule has 1 aliphatic rings. The zero-order chi connectivity index (χ0) is 18.4. The summed E-state index contributed by atoms with van der Waals surface area (Å²) >= 11 is 0. The van der Waals surface area contributed by atoms with E-state index in [-0.39, 0.29) is 11.8 Å². The van der Waals surface area contributed by atoms with Crippen LogP contribution in [0.3, 0.4) is 0 Å². The Morgan fingerprint density at radius 1 is 1.19 bits per heavy atom. The average Bonchev–Trinajstić information content (AvgIpc) is 3.02. The van der Waals surface area contributed by atoms with Gasteiger partial charge in [-0.05, 0) is 25.0 Å². The van der Waals surface area contributed by atoms with Crippen LogP contribution >= 0.6 is 0 Å². The lowest BCUT2D eigenvalue weighted by atomic mass is 10.2. The predicted molar refractivity (Wildman–Crippen MR) is 99.7 cm³/mol. The highest BCUT2D eigenvalue weighted by Gasteiger charge is 2.18. The van der Waals surface area contributed by atoms with Crippen molar-refractivity contribution in [2.45, 2.75) is 38.6 Å². The van der Waals surface area contributed by atoms with Crippen LogP contribution in [0.15, 0.2) is 42.7 Å². The summed E-state index contributed by atoms with van der Waals surface area (Å²) in [7, 11) is 1.80. The first kappa shape index (κ1) is 18.2. The van der Waals surface area contributed by atoms with Gasteiger partial charge in [-0.25, -0.2) is 4.68 Å². The van der Waals surface area contributed by atoms with Gasteiger partial charge in [0.1, 0.15) is 0 Å². The lowest BCUT2D eigenvalue weighted by Crippen LogP contribution is -2.35. The maximum atomic E-state index is 12.4. The molecule has 6 heteroatoms. The van der Waals surface area contributed by atoms with Crippen molar-refractivity contribution < 1.29 is 9.59 Å². The summed E-state index contributed by atoms with van der Waals surface area (Å²) in [5.74, 6) is 0.233. The molecule has 1 aliphatic heterocycles. The van der Waals surface area contributed by atoms with E-state index < -0.39 is 0 Å². The van der Waals surface area contributed by atoms with Crippen LogP contribution in [0.4, 0.5) is 0 Å². The van der Waals surface area contributed by atoms with Gasteiger partial charge in [-0.2, -0.15) is 5.10 Å². The number of para-hydroxylation sites is 1. The van der Waals surface area contributed by atoms with Crippen molar-refractivity contribution >= 4 is 11.8 Å². The molecule has 2 heterocycles. The van der Waals surface area contributed by atoms with Crippen LogP contribution in [-0.2, 0) is 16.1 Å². The molecule has 0 unspecified atom stereocenters. The van der Waals surface area contributed by atoms with Crippen LogP contribution in [-0.4, -0.2) is 51.5 Å². The highest BCUT2D eigenvalue weighted by Crippen LogP contribution is 2.13. The Balaban J connectivity index is 1.51. The summed E-state index contributed by atoms with van der Waals surface area (Å²) in [6.45, 7) is 1.81. The Morgan fingerprint density at radius 2 is 2.00 bits per heavy atom. The minimum atomic E-state index is 0.0505. The number of nitrogens with zero attached hydrogens (tertiary/aromatic N) is 4. The highest BCUT2D eigenvalue weighted by molar-refractivity contribution is 5.79. The molecule has 0 radical (unpaired) electrons. The van der Waals surface area contributed by atoms with E-state index in [1.165, 1.54) is 0 Å². The first-order chi connectivity index (χ1) is 12.6. The third kappa shape index (κ3) is 4.71. The second-order valence-electron chi connectivity index (χ2n) is 6.82. The summed E-state index contributed by atoms with van der Waals surface area (Å²) < 4.78 is 1.81. The molecule has 0 N–H and O–H groups in total. The summed E-state index contributed by atoms with van der Waals surface area (Å²) in [6.07, 6.45) is 7.81. The van der Waals surface area contributed by atoms with Gasteiger partial charge in [0.25, 0.3) is 0 Å². The number of carbonyl (C=O) groups excluding carboxylic acids is 2. The third-order valence-corrected chi connectivity index (χ3v) is 4.77. The van der Waals surface area contributed by atoms with E-state index in [1.807, 2.05) is 46.1 Å². The van der Waals surface area contributed by atoms with E-state index in [0.29, 0.717) is 25.9 Å². The molecular formula is C20H26N4O2. The van der Waals surface area contributed by atoms with Gasteiger partial charge < -0.3 is 9.80 Å². The molecular weight excluding hydrogens is 328 g/mol. The summed E-state index contributed by atoms with van der Waals surface area (Å²) in [4.78, 5) is 28.0. The molecule has 2 aromatic rings. The molecule has 0 saturated carbocycles. The average molecular weight is 354 g/mol. The standard InChI is InChI=1S/C20H26N4O2/c1-22(19(25)11-13-23-12-7-3-6-10-20(23)26)15-17-14-21-24(16-17)18-8-4-2-5-9-18/h2,4-5,8-9,14,16H,3,6-7,10-13,15H2,1H3. The molecule has 138 valence electrons. The fraction of sp³-hybridized carbons (Fsp3) is 0.450. The number of hydrogen-bond acceptors (Lipinski definition) is 3. The van der Waals surface area contributed by atoms with Crippen LogP contribution in [0.5, 0.6) is 0 Å². The fourth-order valence-corrected chi connectivity index (χ4v) is 3.22. The van der Waals surface area contributed by atoms with Crippen molar-refractivity contribution in [1.82, 2.24) is 19.6 Å². The van der Waals surface area contributed by atoms with Crippen molar-refractivity contribution in [1.29, 1.82) is 0 Å². The van der Waals surface area contributed by atoms with E-state index in [4.69, 9.17) is 0 Å². The predicted octanol–water partition coefficient (Wildman–Crippen LogP) is 2.62. The number of carbonyl (C=O) groups is 2. The van der Waals surface area contributed by atoms with Crippen LogP contribution < -0.4 is 0 Å². The third-order valence-electron chi connectivity index (χ3n) is 4.77. The first-order valence-corrected chi connectivity index (χ1v) is 9.24. The zero-order valence-corrected chi connectivity index (χ0v) is 15.3. The van der Waals surface area contributed by atoms with Gasteiger partial charge in [-0.1, -0.05) is 24.6 Å². The van der Waals surface area contributed by atoms with Gasteiger partial charge in [-0.15, -0.1) is 0 Å². The highest BCUT2D eigenvalue weighted by atomic mass is 16.2. The van der Waals surface area contributed by atoms with Crippen molar-refractivity contribution in [3.8, 4) is 5.69 Å². The Bertz CT molecular complexity index is 741. The number of aromatic nitrogens is 2. The number of benzene rings is 1. The lowest BCUT2D eigenvalue weighted by molar-refractivity contribution is -0.133. The van der Waals surface area contributed by atoms with E-state index >= 15 is 0 Å². The van der Waals surface area contributed by atoms with Crippen LogP contribution in [0.1, 0.15) is 37.7 Å². The summed E-state index contributed by atoms with van der Waals surface area (Å²) in [6, 6.07) is 9.88. The Hall–Kier alpha value is -2.63. The molecule has 1 fully saturated rings. The smallest absolute Gasteiger partial charge is 0.224 e. The van der Waals surface area contributed by atoms with E-state index in [9.17, 15) is 9.59 Å². The van der Waals surface area contributed by atoms with Crippen molar-refractivity contribution in [2.24, 2.45) is 0 Å². The second-order valence-corrected chi connectivity index (χ2v) is 6.82. The molecule has 0 aliphatic carbocycles. The topological polar surface area (TPSA) is 58.4 Å². The molecule has 0 bridgehead atoms. The van der Waals surface area contributed by atoms with Gasteiger partial charge in [0, 0.05) is 51.3 Å². The van der Waals surface area contributed by atoms with E-state index in [2.05, 4.69) is 5.10 Å². The van der Waals surface area contributed by atoms with Crippen LogP contribution in [0.2, 0.25) is 0 Å². The maximum absolute atomic E-state index is 12.4. The van der Waals surface area contributed by atoms with Crippen molar-refractivity contribution in [2.75, 3.05) is 20.1 Å². The van der Waals surface area contributed by atoms with Gasteiger partial charge >= 0.3 is 0 Å². The normalized spacial score (nSPS) is 15.0. The molecule has 0 atom stereocenters. The number of likely N-dealkylation sites (tertiary alicyclic amines) is 1. The van der Waals surface area contributed by atoms with Crippen molar-refractivity contribution in [3.63, 3.8) is 0 Å². The molecule has 6 nitrogen and oxygen atoms in total. The van der Waals surface area contributed by atoms with Gasteiger partial charge in [0.05, 0.1) is 11.9 Å². The quantitative estimate of drug-likeness (QED) is 0.801. The molecule has 3 rings (SSSR count). The number of amides is 2. The Kier molecular flexibility index (Phi) is 6.04. The summed E-state index contributed by atoms with van der Waals surface area (Å²) in [5, 5.41) is 4.36. The van der Waals surface area contributed by atoms with Gasteiger partial charge in [-0.3, -0.25) is 9.59 Å². The van der Waals surface area contributed by atoms with E-state index in [1.54, 1.807) is 18.1 Å². The molecule has 1 aromatic heterocycles. The maximum Gasteiger partial charge on any atom is 0.224 e. The fourth-order valence-electron chi connectivity index (χ4n) is 3.22. The Labute approximate surface area is 154 Å². The van der Waals surface area contributed by atoms with Gasteiger partial charge in [0.2, 0.25) is 11.8 Å². The molecule has 0 spiro atoms. The lowest BCUT2D eigenvalue weighted by Gasteiger charge is -2.22. The SMILES string of the molecule is CN(Cc1cnn(-c2ccccc2)c1)C(=O)CCN1CCCCCC1=O. The molecule has 26 heavy (non-hydrogen) atoms. The Morgan fingerprint density at radius 3 is 2.81 bits per heavy atom. The van der Waals surface area contributed by atoms with Crippen LogP contribution in [0, 0.1) is 0 Å². The molecule has 1 aromatic carbocycles. The second kappa shape index (κ2) is 8.65. The van der Waals surface area contributed by atoms with E-state index in [0.717, 1.165) is 37.1 Å². The number of rotatable bonds is 6. The van der Waals surface area contributed by atoms with Crippen molar-refractivity contribution in [3.05, 3.63) is 48.3 Å². The summed E-state index contributed by atoms with van der Waals surface area (Å²) in [5.41, 5.74) is 1.97. The molecule has 2 amide bonds. The number of hydrogen-bond donors (Lipinski definition) is 0. The minimum absolute atomic E-state index is 0.0505. The largest absolute Gasteiger partial charge is 0.342 e. The monoisotopic (exact) mass is 354 g/mol.